The van der Waals surface area contributed by atoms with Gasteiger partial charge in [-0.3, -0.25) is 14.5 Å². The SMILES string of the molecule is CCN1CCc2nc(NC(=O)CCNC(=O)c3ccsc3)sc2C1. The fraction of sp³-hybridized carbons (Fsp3) is 0.438. The predicted molar refractivity (Wildman–Crippen MR) is 96.7 cm³/mol. The van der Waals surface area contributed by atoms with Gasteiger partial charge in [-0.1, -0.05) is 6.92 Å². The molecule has 2 N–H and O–H groups in total. The van der Waals surface area contributed by atoms with E-state index < -0.39 is 0 Å². The van der Waals surface area contributed by atoms with E-state index in [1.807, 2.05) is 5.38 Å². The number of fused-ring (bicyclic) bond motifs is 1. The normalized spacial score (nSPS) is 14.2. The molecule has 0 fully saturated rings. The van der Waals surface area contributed by atoms with Gasteiger partial charge >= 0.3 is 0 Å². The minimum Gasteiger partial charge on any atom is -0.351 e. The minimum atomic E-state index is -0.145. The van der Waals surface area contributed by atoms with Crippen LogP contribution in [0, 0.1) is 0 Å². The predicted octanol–water partition coefficient (Wildman–Crippen LogP) is 2.34. The van der Waals surface area contributed by atoms with Crippen LogP contribution in [0.2, 0.25) is 0 Å². The topological polar surface area (TPSA) is 74.3 Å². The van der Waals surface area contributed by atoms with E-state index in [2.05, 4.69) is 27.4 Å². The van der Waals surface area contributed by atoms with E-state index in [-0.39, 0.29) is 18.2 Å². The molecule has 2 amide bonds. The minimum absolute atomic E-state index is 0.126. The summed E-state index contributed by atoms with van der Waals surface area (Å²) in [6.07, 6.45) is 1.17. The van der Waals surface area contributed by atoms with Crippen LogP contribution >= 0.6 is 22.7 Å². The van der Waals surface area contributed by atoms with Crippen LogP contribution in [-0.2, 0) is 17.8 Å². The molecular weight excluding hydrogens is 344 g/mol. The average Bonchev–Trinajstić information content (AvgIpc) is 3.23. The Morgan fingerprint density at radius 3 is 3.04 bits per heavy atom. The molecule has 0 bridgehead atoms. The number of nitrogens with one attached hydrogen (secondary N) is 2. The maximum Gasteiger partial charge on any atom is 0.252 e. The van der Waals surface area contributed by atoms with Gasteiger partial charge in [0.1, 0.15) is 0 Å². The van der Waals surface area contributed by atoms with Gasteiger partial charge < -0.3 is 10.6 Å². The monoisotopic (exact) mass is 364 g/mol. The van der Waals surface area contributed by atoms with Crippen LogP contribution < -0.4 is 10.6 Å². The van der Waals surface area contributed by atoms with Gasteiger partial charge in [0.2, 0.25) is 5.91 Å². The fourth-order valence-electron chi connectivity index (χ4n) is 2.54. The van der Waals surface area contributed by atoms with Gasteiger partial charge in [0.05, 0.1) is 5.69 Å². The highest BCUT2D eigenvalue weighted by Crippen LogP contribution is 2.28. The zero-order valence-electron chi connectivity index (χ0n) is 13.5. The molecule has 0 atom stereocenters. The number of rotatable bonds is 6. The molecule has 6 nitrogen and oxygen atoms in total. The second-order valence-corrected chi connectivity index (χ2v) is 7.44. The molecule has 0 unspecified atom stereocenters. The fourth-order valence-corrected chi connectivity index (χ4v) is 4.24. The summed E-state index contributed by atoms with van der Waals surface area (Å²) in [6.45, 7) is 5.43. The van der Waals surface area contributed by atoms with Gasteiger partial charge in [-0.15, -0.1) is 11.3 Å². The quantitative estimate of drug-likeness (QED) is 0.825. The van der Waals surface area contributed by atoms with Crippen molar-refractivity contribution in [3.8, 4) is 0 Å². The third-order valence-electron chi connectivity index (χ3n) is 3.92. The van der Waals surface area contributed by atoms with Crippen LogP contribution in [0.3, 0.4) is 0 Å². The standard InChI is InChI=1S/C16H20N4O2S2/c1-2-20-7-4-12-13(9-20)24-16(18-12)19-14(21)3-6-17-15(22)11-5-8-23-10-11/h5,8,10H,2-4,6-7,9H2,1H3,(H,17,22)(H,18,19,21). The molecule has 1 aliphatic heterocycles. The number of carbonyl (C=O) groups is 2. The van der Waals surface area contributed by atoms with Crippen molar-refractivity contribution >= 4 is 39.6 Å². The third kappa shape index (κ3) is 4.19. The number of carbonyl (C=O) groups excluding carboxylic acids is 2. The number of hydrogen-bond donors (Lipinski definition) is 2. The van der Waals surface area contributed by atoms with Gasteiger partial charge in [0, 0.05) is 48.3 Å². The molecule has 8 heteroatoms. The Balaban J connectivity index is 1.45. The Morgan fingerprint density at radius 1 is 1.42 bits per heavy atom. The van der Waals surface area contributed by atoms with E-state index in [1.165, 1.54) is 16.2 Å². The summed E-state index contributed by atoms with van der Waals surface area (Å²) < 4.78 is 0. The molecule has 128 valence electrons. The summed E-state index contributed by atoms with van der Waals surface area (Å²) in [5.74, 6) is -0.271. The largest absolute Gasteiger partial charge is 0.351 e. The molecule has 3 heterocycles. The lowest BCUT2D eigenvalue weighted by molar-refractivity contribution is -0.116. The molecular formula is C16H20N4O2S2. The van der Waals surface area contributed by atoms with Crippen molar-refractivity contribution in [2.75, 3.05) is 25.0 Å². The Hall–Kier alpha value is -1.77. The molecule has 0 saturated heterocycles. The van der Waals surface area contributed by atoms with Crippen molar-refractivity contribution in [3.05, 3.63) is 33.0 Å². The van der Waals surface area contributed by atoms with Crippen LogP contribution in [0.5, 0.6) is 0 Å². The number of thiophene rings is 1. The van der Waals surface area contributed by atoms with Crippen LogP contribution in [0.4, 0.5) is 5.13 Å². The first kappa shape index (κ1) is 17.1. The van der Waals surface area contributed by atoms with E-state index in [9.17, 15) is 9.59 Å². The molecule has 24 heavy (non-hydrogen) atoms. The van der Waals surface area contributed by atoms with Crippen molar-refractivity contribution in [1.82, 2.24) is 15.2 Å². The summed E-state index contributed by atoms with van der Waals surface area (Å²) >= 11 is 3.02. The first-order chi connectivity index (χ1) is 11.7. The van der Waals surface area contributed by atoms with Gasteiger partial charge in [0.25, 0.3) is 5.91 Å². The maximum absolute atomic E-state index is 12.0. The summed E-state index contributed by atoms with van der Waals surface area (Å²) in [5, 5.41) is 9.89. The summed E-state index contributed by atoms with van der Waals surface area (Å²) in [5.41, 5.74) is 1.74. The molecule has 0 aliphatic carbocycles. The molecule has 2 aromatic heterocycles. The second-order valence-electron chi connectivity index (χ2n) is 5.57. The molecule has 3 rings (SSSR count). The first-order valence-electron chi connectivity index (χ1n) is 7.97. The van der Waals surface area contributed by atoms with E-state index >= 15 is 0 Å². The Kier molecular flexibility index (Phi) is 5.60. The number of anilines is 1. The molecule has 1 aliphatic rings. The van der Waals surface area contributed by atoms with Crippen LogP contribution in [0.15, 0.2) is 16.8 Å². The molecule has 2 aromatic rings. The van der Waals surface area contributed by atoms with Crippen molar-refractivity contribution in [2.24, 2.45) is 0 Å². The van der Waals surface area contributed by atoms with Crippen LogP contribution in [0.1, 0.15) is 34.3 Å². The molecule has 0 spiro atoms. The molecule has 0 aromatic carbocycles. The van der Waals surface area contributed by atoms with E-state index in [0.29, 0.717) is 17.2 Å². The molecule has 0 saturated carbocycles. The maximum atomic E-state index is 12.0. The summed E-state index contributed by atoms with van der Waals surface area (Å²) in [7, 11) is 0. The van der Waals surface area contributed by atoms with Crippen molar-refractivity contribution in [3.63, 3.8) is 0 Å². The lowest BCUT2D eigenvalue weighted by atomic mass is 10.2. The summed E-state index contributed by atoms with van der Waals surface area (Å²) in [4.78, 5) is 31.9. The van der Waals surface area contributed by atoms with Gasteiger partial charge in [-0.25, -0.2) is 4.98 Å². The Labute approximate surface area is 148 Å². The number of hydrogen-bond acceptors (Lipinski definition) is 6. The third-order valence-corrected chi connectivity index (χ3v) is 5.61. The summed E-state index contributed by atoms with van der Waals surface area (Å²) in [6, 6.07) is 1.76. The van der Waals surface area contributed by atoms with E-state index in [4.69, 9.17) is 0 Å². The number of likely N-dealkylation sites (N-methyl/N-ethyl adjacent to an activating group) is 1. The number of nitrogens with zero attached hydrogens (tertiary/aromatic N) is 2. The Morgan fingerprint density at radius 2 is 2.29 bits per heavy atom. The van der Waals surface area contributed by atoms with Crippen LogP contribution in [-0.4, -0.2) is 41.3 Å². The zero-order valence-corrected chi connectivity index (χ0v) is 15.1. The smallest absolute Gasteiger partial charge is 0.252 e. The lowest BCUT2D eigenvalue weighted by Crippen LogP contribution is -2.29. The van der Waals surface area contributed by atoms with E-state index in [1.54, 1.807) is 22.8 Å². The highest BCUT2D eigenvalue weighted by Gasteiger charge is 2.20. The van der Waals surface area contributed by atoms with Gasteiger partial charge in [-0.2, -0.15) is 11.3 Å². The number of aromatic nitrogens is 1. The first-order valence-corrected chi connectivity index (χ1v) is 9.73. The van der Waals surface area contributed by atoms with E-state index in [0.717, 1.165) is 31.7 Å². The average molecular weight is 364 g/mol. The highest BCUT2D eigenvalue weighted by atomic mass is 32.1. The number of amides is 2. The van der Waals surface area contributed by atoms with Gasteiger partial charge in [-0.05, 0) is 18.0 Å². The highest BCUT2D eigenvalue weighted by molar-refractivity contribution is 7.15. The van der Waals surface area contributed by atoms with Crippen molar-refractivity contribution < 1.29 is 9.59 Å². The lowest BCUT2D eigenvalue weighted by Gasteiger charge is -2.23. The zero-order chi connectivity index (χ0) is 16.9. The van der Waals surface area contributed by atoms with Gasteiger partial charge in [0.15, 0.2) is 5.13 Å². The van der Waals surface area contributed by atoms with Crippen LogP contribution in [0.25, 0.3) is 0 Å². The van der Waals surface area contributed by atoms with Crippen molar-refractivity contribution in [1.29, 1.82) is 0 Å². The second kappa shape index (κ2) is 7.87. The van der Waals surface area contributed by atoms with Crippen molar-refractivity contribution in [2.45, 2.75) is 26.3 Å². The number of thiazole rings is 1. The Bertz CT molecular complexity index is 712. The molecule has 0 radical (unpaired) electrons.